The lowest BCUT2D eigenvalue weighted by molar-refractivity contribution is 0.219. The van der Waals surface area contributed by atoms with E-state index >= 15 is 0 Å². The number of hydrogen-bond donors (Lipinski definition) is 2. The Labute approximate surface area is 164 Å². The maximum atomic E-state index is 12.6. The summed E-state index contributed by atoms with van der Waals surface area (Å²) in [5.74, 6) is 0. The predicted octanol–water partition coefficient (Wildman–Crippen LogP) is 5.82. The molecule has 0 fully saturated rings. The lowest BCUT2D eigenvalue weighted by Gasteiger charge is -2.17. The van der Waals surface area contributed by atoms with Crippen LogP contribution in [0, 0.1) is 0 Å². The average molecular weight is 408 g/mol. The number of nitrogens with one attached hydrogen (secondary N) is 2. The minimum absolute atomic E-state index is 0.197. The SMILES string of the molecule is CCOP(=O)(Cc1ccc(NC(=O)Nc2ccc(SC)cc2)cc1)OCC. The van der Waals surface area contributed by atoms with Crippen molar-refractivity contribution < 1.29 is 18.4 Å². The summed E-state index contributed by atoms with van der Waals surface area (Å²) >= 11 is 1.64. The highest BCUT2D eigenvalue weighted by atomic mass is 32.2. The van der Waals surface area contributed by atoms with E-state index in [0.717, 1.165) is 16.1 Å². The van der Waals surface area contributed by atoms with Gasteiger partial charge in [0.2, 0.25) is 0 Å². The van der Waals surface area contributed by atoms with Crippen molar-refractivity contribution in [2.24, 2.45) is 0 Å². The molecule has 0 bridgehead atoms. The van der Waals surface area contributed by atoms with Gasteiger partial charge >= 0.3 is 13.6 Å². The van der Waals surface area contributed by atoms with E-state index in [0.29, 0.717) is 18.9 Å². The first-order valence-corrected chi connectivity index (χ1v) is 11.6. The van der Waals surface area contributed by atoms with Gasteiger partial charge in [-0.1, -0.05) is 12.1 Å². The molecule has 2 rings (SSSR count). The molecule has 6 nitrogen and oxygen atoms in total. The van der Waals surface area contributed by atoms with Gasteiger partial charge in [0, 0.05) is 16.3 Å². The number of anilines is 2. The quantitative estimate of drug-likeness (QED) is 0.404. The van der Waals surface area contributed by atoms with Crippen molar-refractivity contribution in [2.45, 2.75) is 24.9 Å². The van der Waals surface area contributed by atoms with Gasteiger partial charge in [0.1, 0.15) is 0 Å². The normalized spacial score (nSPS) is 11.2. The highest BCUT2D eigenvalue weighted by molar-refractivity contribution is 7.98. The Hall–Kier alpha value is -1.79. The molecule has 8 heteroatoms. The second-order valence-electron chi connectivity index (χ2n) is 5.61. The number of benzene rings is 2. The molecule has 0 atom stereocenters. The minimum Gasteiger partial charge on any atom is -0.309 e. The van der Waals surface area contributed by atoms with Crippen LogP contribution in [-0.2, 0) is 19.8 Å². The lowest BCUT2D eigenvalue weighted by Crippen LogP contribution is -2.19. The second kappa shape index (κ2) is 10.5. The lowest BCUT2D eigenvalue weighted by atomic mass is 10.2. The zero-order valence-corrected chi connectivity index (χ0v) is 17.4. The number of carbonyl (C=O) groups excluding carboxylic acids is 1. The van der Waals surface area contributed by atoms with Crippen molar-refractivity contribution in [3.05, 3.63) is 54.1 Å². The van der Waals surface area contributed by atoms with Gasteiger partial charge in [0.15, 0.2) is 0 Å². The van der Waals surface area contributed by atoms with Crippen LogP contribution in [0.3, 0.4) is 0 Å². The molecule has 2 N–H and O–H groups in total. The molecule has 2 amide bonds. The summed E-state index contributed by atoms with van der Waals surface area (Å²) in [5, 5.41) is 5.56. The van der Waals surface area contributed by atoms with Crippen LogP contribution in [0.1, 0.15) is 19.4 Å². The van der Waals surface area contributed by atoms with Crippen molar-refractivity contribution >= 4 is 36.8 Å². The smallest absolute Gasteiger partial charge is 0.309 e. The fourth-order valence-corrected chi connectivity index (χ4v) is 4.52. The summed E-state index contributed by atoms with van der Waals surface area (Å²) in [6.07, 6.45) is 2.20. The first-order valence-electron chi connectivity index (χ1n) is 8.67. The largest absolute Gasteiger partial charge is 0.335 e. The van der Waals surface area contributed by atoms with E-state index in [9.17, 15) is 9.36 Å². The monoisotopic (exact) mass is 408 g/mol. The number of amides is 2. The molecule has 0 saturated carbocycles. The molecular weight excluding hydrogens is 383 g/mol. The second-order valence-corrected chi connectivity index (χ2v) is 8.54. The van der Waals surface area contributed by atoms with E-state index in [1.807, 2.05) is 30.5 Å². The van der Waals surface area contributed by atoms with Crippen LogP contribution in [-0.4, -0.2) is 25.5 Å². The van der Waals surface area contributed by atoms with E-state index in [1.54, 1.807) is 49.9 Å². The number of carbonyl (C=O) groups is 1. The Kier molecular flexibility index (Phi) is 8.38. The van der Waals surface area contributed by atoms with Gasteiger partial charge in [0.25, 0.3) is 0 Å². The zero-order valence-electron chi connectivity index (χ0n) is 15.7. The number of rotatable bonds is 9. The van der Waals surface area contributed by atoms with Gasteiger partial charge in [-0.15, -0.1) is 11.8 Å². The topological polar surface area (TPSA) is 76.7 Å². The predicted molar refractivity (Wildman–Crippen MR) is 112 cm³/mol. The highest BCUT2D eigenvalue weighted by Gasteiger charge is 2.23. The Morgan fingerprint density at radius 3 is 1.85 bits per heavy atom. The Morgan fingerprint density at radius 1 is 0.926 bits per heavy atom. The molecule has 0 aromatic heterocycles. The number of hydrogen-bond acceptors (Lipinski definition) is 5. The fourth-order valence-electron chi connectivity index (χ4n) is 2.41. The first kappa shape index (κ1) is 21.5. The molecular formula is C19H25N2O4PS. The van der Waals surface area contributed by atoms with Gasteiger partial charge in [-0.25, -0.2) is 4.79 Å². The molecule has 0 saturated heterocycles. The van der Waals surface area contributed by atoms with E-state index in [1.165, 1.54) is 0 Å². The average Bonchev–Trinajstić information content (AvgIpc) is 2.64. The summed E-state index contributed by atoms with van der Waals surface area (Å²) < 4.78 is 23.2. The molecule has 0 radical (unpaired) electrons. The van der Waals surface area contributed by atoms with Crippen molar-refractivity contribution in [1.29, 1.82) is 0 Å². The number of thioether (sulfide) groups is 1. The standard InChI is InChI=1S/C19H25N2O4PS/c1-4-24-26(23,25-5-2)14-15-6-8-16(9-7-15)20-19(22)21-17-10-12-18(27-3)13-11-17/h6-13H,4-5,14H2,1-3H3,(H2,20,21,22). The third-order valence-corrected chi connectivity index (χ3v) is 6.39. The Morgan fingerprint density at radius 2 is 1.41 bits per heavy atom. The molecule has 2 aromatic carbocycles. The summed E-state index contributed by atoms with van der Waals surface area (Å²) in [4.78, 5) is 13.2. The summed E-state index contributed by atoms with van der Waals surface area (Å²) in [6.45, 7) is 4.22. The van der Waals surface area contributed by atoms with Gasteiger partial charge in [-0.3, -0.25) is 4.57 Å². The van der Waals surface area contributed by atoms with Gasteiger partial charge in [0.05, 0.1) is 19.4 Å². The van der Waals surface area contributed by atoms with E-state index in [4.69, 9.17) is 9.05 Å². The molecule has 0 unspecified atom stereocenters. The molecule has 0 heterocycles. The van der Waals surface area contributed by atoms with Crippen LogP contribution < -0.4 is 10.6 Å². The van der Waals surface area contributed by atoms with Crippen LogP contribution in [0.2, 0.25) is 0 Å². The highest BCUT2D eigenvalue weighted by Crippen LogP contribution is 2.51. The molecule has 27 heavy (non-hydrogen) atoms. The van der Waals surface area contributed by atoms with Crippen molar-refractivity contribution in [3.8, 4) is 0 Å². The molecule has 0 spiro atoms. The van der Waals surface area contributed by atoms with Crippen molar-refractivity contribution in [2.75, 3.05) is 30.1 Å². The van der Waals surface area contributed by atoms with Crippen LogP contribution in [0.4, 0.5) is 16.2 Å². The fraction of sp³-hybridized carbons (Fsp3) is 0.316. The van der Waals surface area contributed by atoms with Gasteiger partial charge < -0.3 is 19.7 Å². The zero-order chi connectivity index (χ0) is 19.7. The van der Waals surface area contributed by atoms with E-state index < -0.39 is 7.60 Å². The van der Waals surface area contributed by atoms with Crippen molar-refractivity contribution in [1.82, 2.24) is 0 Å². The summed E-state index contributed by atoms with van der Waals surface area (Å²) in [5.41, 5.74) is 2.18. The van der Waals surface area contributed by atoms with E-state index in [-0.39, 0.29) is 12.2 Å². The molecule has 2 aromatic rings. The van der Waals surface area contributed by atoms with E-state index in [2.05, 4.69) is 10.6 Å². The third-order valence-electron chi connectivity index (χ3n) is 3.59. The van der Waals surface area contributed by atoms with Gasteiger partial charge in [-0.2, -0.15) is 0 Å². The first-order chi connectivity index (χ1) is 13.0. The van der Waals surface area contributed by atoms with Crippen LogP contribution in [0.5, 0.6) is 0 Å². The maximum Gasteiger partial charge on any atom is 0.335 e. The summed E-state index contributed by atoms with van der Waals surface area (Å²) in [6, 6.07) is 14.4. The van der Waals surface area contributed by atoms with Crippen LogP contribution in [0.25, 0.3) is 0 Å². The molecule has 0 aliphatic carbocycles. The van der Waals surface area contributed by atoms with Crippen LogP contribution >= 0.6 is 19.4 Å². The maximum absolute atomic E-state index is 12.6. The molecule has 0 aliphatic rings. The van der Waals surface area contributed by atoms with Crippen molar-refractivity contribution in [3.63, 3.8) is 0 Å². The Balaban J connectivity index is 1.94. The van der Waals surface area contributed by atoms with Crippen LogP contribution in [0.15, 0.2) is 53.4 Å². The number of urea groups is 1. The molecule has 0 aliphatic heterocycles. The summed E-state index contributed by atoms with van der Waals surface area (Å²) in [7, 11) is -3.14. The minimum atomic E-state index is -3.14. The molecule has 146 valence electrons. The Bertz CT molecular complexity index is 771. The van der Waals surface area contributed by atoms with Gasteiger partial charge in [-0.05, 0) is 62.1 Å². The third kappa shape index (κ3) is 7.03.